The molecule has 1 aliphatic heterocycles. The normalized spacial score (nSPS) is 22.6. The van der Waals surface area contributed by atoms with Crippen LogP contribution in [-0.2, 0) is 11.3 Å². The summed E-state index contributed by atoms with van der Waals surface area (Å²) >= 11 is 6.17. The average Bonchev–Trinajstić information content (AvgIpc) is 2.76. The zero-order valence-corrected chi connectivity index (χ0v) is 10.9. The van der Waals surface area contributed by atoms with E-state index in [2.05, 4.69) is 16.7 Å². The zero-order valence-electron chi connectivity index (χ0n) is 10.2. The van der Waals surface area contributed by atoms with Gasteiger partial charge in [-0.25, -0.2) is 0 Å². The Balaban J connectivity index is 2.18. The summed E-state index contributed by atoms with van der Waals surface area (Å²) in [5.74, 6) is 0.608. The lowest BCUT2D eigenvalue weighted by Crippen LogP contribution is -2.13. The van der Waals surface area contributed by atoms with Crippen molar-refractivity contribution in [2.45, 2.75) is 39.1 Å². The lowest BCUT2D eigenvalue weighted by atomic mass is 10.1. The summed E-state index contributed by atoms with van der Waals surface area (Å²) in [4.78, 5) is 0. The second kappa shape index (κ2) is 4.76. The van der Waals surface area contributed by atoms with Crippen molar-refractivity contribution < 1.29 is 4.74 Å². The topological polar surface area (TPSA) is 27.1 Å². The molecule has 1 aromatic rings. The third kappa shape index (κ3) is 2.25. The molecular formula is C12H19ClN2O. The quantitative estimate of drug-likeness (QED) is 0.763. The number of alkyl halides is 1. The van der Waals surface area contributed by atoms with Crippen molar-refractivity contribution >= 4 is 11.6 Å². The van der Waals surface area contributed by atoms with Gasteiger partial charge in [-0.05, 0) is 27.2 Å². The minimum absolute atomic E-state index is 0.0357. The molecule has 1 aliphatic rings. The van der Waals surface area contributed by atoms with Crippen molar-refractivity contribution in [2.24, 2.45) is 5.92 Å². The third-order valence-corrected chi connectivity index (χ3v) is 3.51. The summed E-state index contributed by atoms with van der Waals surface area (Å²) in [6.07, 6.45) is 1.14. The minimum atomic E-state index is 0.0357. The third-order valence-electron chi connectivity index (χ3n) is 3.29. The number of hydrogen-bond acceptors (Lipinski definition) is 2. The van der Waals surface area contributed by atoms with Gasteiger partial charge in [0.15, 0.2) is 0 Å². The second-order valence-corrected chi connectivity index (χ2v) is 5.27. The molecule has 1 fully saturated rings. The first kappa shape index (κ1) is 11.9. The van der Waals surface area contributed by atoms with E-state index in [1.54, 1.807) is 0 Å². The Kier molecular flexibility index (Phi) is 3.55. The van der Waals surface area contributed by atoms with E-state index in [0.717, 1.165) is 31.9 Å². The minimum Gasteiger partial charge on any atom is -0.381 e. The summed E-state index contributed by atoms with van der Waals surface area (Å²) in [5, 5.41) is 4.61. The summed E-state index contributed by atoms with van der Waals surface area (Å²) in [7, 11) is 0. The lowest BCUT2D eigenvalue weighted by Gasteiger charge is -2.10. The van der Waals surface area contributed by atoms with E-state index in [4.69, 9.17) is 16.3 Å². The highest BCUT2D eigenvalue weighted by molar-refractivity contribution is 6.20. The zero-order chi connectivity index (χ0) is 11.7. The van der Waals surface area contributed by atoms with Gasteiger partial charge in [-0.3, -0.25) is 4.68 Å². The number of ether oxygens (including phenoxy) is 1. The standard InChI is InChI=1S/C12H19ClN2O/c1-8(13)12-9(2)14-15(10(12)3)6-11-4-5-16-7-11/h8,11H,4-7H2,1-3H3. The molecule has 0 bridgehead atoms. The van der Waals surface area contributed by atoms with Gasteiger partial charge in [0.25, 0.3) is 0 Å². The summed E-state index contributed by atoms with van der Waals surface area (Å²) in [6.45, 7) is 8.84. The van der Waals surface area contributed by atoms with Gasteiger partial charge in [-0.1, -0.05) is 0 Å². The first-order valence-electron chi connectivity index (χ1n) is 5.85. The van der Waals surface area contributed by atoms with E-state index in [1.807, 2.05) is 13.8 Å². The van der Waals surface area contributed by atoms with Crippen LogP contribution in [0.2, 0.25) is 0 Å². The molecule has 2 heterocycles. The predicted molar refractivity (Wildman–Crippen MR) is 64.9 cm³/mol. The van der Waals surface area contributed by atoms with Crippen molar-refractivity contribution in [3.8, 4) is 0 Å². The summed E-state index contributed by atoms with van der Waals surface area (Å²) in [6, 6.07) is 0. The van der Waals surface area contributed by atoms with E-state index in [0.29, 0.717) is 5.92 Å². The van der Waals surface area contributed by atoms with Gasteiger partial charge >= 0.3 is 0 Å². The fourth-order valence-electron chi connectivity index (χ4n) is 2.44. The molecule has 2 atom stereocenters. The van der Waals surface area contributed by atoms with E-state index >= 15 is 0 Å². The van der Waals surface area contributed by atoms with E-state index in [-0.39, 0.29) is 5.38 Å². The van der Waals surface area contributed by atoms with E-state index in [1.165, 1.54) is 11.3 Å². The Morgan fingerprint density at radius 3 is 2.81 bits per heavy atom. The van der Waals surface area contributed by atoms with Crippen molar-refractivity contribution in [3.05, 3.63) is 17.0 Å². The number of halogens is 1. The van der Waals surface area contributed by atoms with Crippen molar-refractivity contribution in [1.29, 1.82) is 0 Å². The maximum absolute atomic E-state index is 6.17. The maximum atomic E-state index is 6.17. The van der Waals surface area contributed by atoms with Crippen LogP contribution in [0.15, 0.2) is 0 Å². The van der Waals surface area contributed by atoms with Crippen LogP contribution in [0.5, 0.6) is 0 Å². The van der Waals surface area contributed by atoms with E-state index in [9.17, 15) is 0 Å². The van der Waals surface area contributed by atoms with Crippen LogP contribution in [0.1, 0.15) is 35.7 Å². The molecule has 0 aliphatic carbocycles. The fourth-order valence-corrected chi connectivity index (χ4v) is 2.75. The Hall–Kier alpha value is -0.540. The van der Waals surface area contributed by atoms with Crippen molar-refractivity contribution in [2.75, 3.05) is 13.2 Å². The molecule has 1 aromatic heterocycles. The van der Waals surface area contributed by atoms with Crippen LogP contribution >= 0.6 is 11.6 Å². The number of hydrogen-bond donors (Lipinski definition) is 0. The molecule has 16 heavy (non-hydrogen) atoms. The molecular weight excluding hydrogens is 224 g/mol. The maximum Gasteiger partial charge on any atom is 0.0643 e. The smallest absolute Gasteiger partial charge is 0.0643 e. The van der Waals surface area contributed by atoms with Gasteiger partial charge in [0.1, 0.15) is 0 Å². The van der Waals surface area contributed by atoms with Crippen LogP contribution < -0.4 is 0 Å². The summed E-state index contributed by atoms with van der Waals surface area (Å²) in [5.41, 5.74) is 3.44. The Morgan fingerprint density at radius 2 is 2.31 bits per heavy atom. The Morgan fingerprint density at radius 1 is 1.56 bits per heavy atom. The van der Waals surface area contributed by atoms with Gasteiger partial charge < -0.3 is 4.74 Å². The molecule has 0 spiro atoms. The largest absolute Gasteiger partial charge is 0.381 e. The molecule has 4 heteroatoms. The Bertz CT molecular complexity index is 367. The van der Waals surface area contributed by atoms with Gasteiger partial charge in [0, 0.05) is 30.3 Å². The number of aryl methyl sites for hydroxylation is 1. The first-order chi connectivity index (χ1) is 7.59. The SMILES string of the molecule is Cc1nn(CC2CCOC2)c(C)c1C(C)Cl. The van der Waals surface area contributed by atoms with Crippen LogP contribution in [-0.4, -0.2) is 23.0 Å². The first-order valence-corrected chi connectivity index (χ1v) is 6.29. The molecule has 1 saturated heterocycles. The molecule has 2 unspecified atom stereocenters. The molecule has 0 radical (unpaired) electrons. The number of rotatable bonds is 3. The molecule has 0 saturated carbocycles. The molecule has 0 N–H and O–H groups in total. The molecule has 2 rings (SSSR count). The predicted octanol–water partition coefficient (Wildman–Crippen LogP) is 2.84. The number of nitrogens with zero attached hydrogens (tertiary/aromatic N) is 2. The fraction of sp³-hybridized carbons (Fsp3) is 0.750. The van der Waals surface area contributed by atoms with E-state index < -0.39 is 0 Å². The highest BCUT2D eigenvalue weighted by atomic mass is 35.5. The van der Waals surface area contributed by atoms with Gasteiger partial charge in [-0.2, -0.15) is 5.10 Å². The van der Waals surface area contributed by atoms with Crippen LogP contribution in [0.4, 0.5) is 0 Å². The lowest BCUT2D eigenvalue weighted by molar-refractivity contribution is 0.181. The van der Waals surface area contributed by atoms with Crippen LogP contribution in [0.25, 0.3) is 0 Å². The monoisotopic (exact) mass is 242 g/mol. The van der Waals surface area contributed by atoms with Crippen molar-refractivity contribution in [3.63, 3.8) is 0 Å². The molecule has 3 nitrogen and oxygen atoms in total. The molecule has 0 aromatic carbocycles. The summed E-state index contributed by atoms with van der Waals surface area (Å²) < 4.78 is 7.47. The van der Waals surface area contributed by atoms with Gasteiger partial charge in [-0.15, -0.1) is 11.6 Å². The number of aromatic nitrogens is 2. The second-order valence-electron chi connectivity index (χ2n) is 4.61. The molecule has 90 valence electrons. The highest BCUT2D eigenvalue weighted by Gasteiger charge is 2.20. The van der Waals surface area contributed by atoms with Crippen molar-refractivity contribution in [1.82, 2.24) is 9.78 Å². The van der Waals surface area contributed by atoms with Gasteiger partial charge in [0.05, 0.1) is 17.7 Å². The van der Waals surface area contributed by atoms with Gasteiger partial charge in [0.2, 0.25) is 0 Å². The Labute approximate surface area is 102 Å². The van der Waals surface area contributed by atoms with Crippen LogP contribution in [0, 0.1) is 19.8 Å². The van der Waals surface area contributed by atoms with Crippen LogP contribution in [0.3, 0.4) is 0 Å². The average molecular weight is 243 g/mol. The molecule has 0 amide bonds. The highest BCUT2D eigenvalue weighted by Crippen LogP contribution is 2.27.